The van der Waals surface area contributed by atoms with E-state index in [1.165, 1.54) is 19.3 Å². The fourth-order valence-corrected chi connectivity index (χ4v) is 2.52. The van der Waals surface area contributed by atoms with Crippen LogP contribution in [0.25, 0.3) is 0 Å². The lowest BCUT2D eigenvalue weighted by molar-refractivity contribution is -0.124. The Morgan fingerprint density at radius 1 is 1.28 bits per heavy atom. The van der Waals surface area contributed by atoms with Gasteiger partial charge < -0.3 is 11.1 Å². The van der Waals surface area contributed by atoms with Crippen molar-refractivity contribution in [1.82, 2.24) is 5.32 Å². The molecule has 0 heterocycles. The van der Waals surface area contributed by atoms with E-state index in [9.17, 15) is 4.79 Å². The lowest BCUT2D eigenvalue weighted by Crippen LogP contribution is -2.49. The second-order valence-corrected chi connectivity index (χ2v) is 5.55. The summed E-state index contributed by atoms with van der Waals surface area (Å²) in [6.45, 7) is 6.37. The molecule has 2 atom stereocenters. The van der Waals surface area contributed by atoms with Gasteiger partial charge in [-0.2, -0.15) is 0 Å². The molecule has 0 bridgehead atoms. The van der Waals surface area contributed by atoms with Crippen molar-refractivity contribution in [3.8, 4) is 0 Å². The molecule has 2 unspecified atom stereocenters. The molecule has 0 saturated heterocycles. The highest BCUT2D eigenvalue weighted by atomic mass is 35.5. The summed E-state index contributed by atoms with van der Waals surface area (Å²) in [7, 11) is 0. The first kappa shape index (κ1) is 17.7. The number of halogens is 1. The summed E-state index contributed by atoms with van der Waals surface area (Å²) in [5.74, 6) is 1.17. The second-order valence-electron chi connectivity index (χ2n) is 5.55. The van der Waals surface area contributed by atoms with Crippen molar-refractivity contribution in [2.75, 3.05) is 0 Å². The normalized spacial score (nSPS) is 26.9. The summed E-state index contributed by atoms with van der Waals surface area (Å²) in [6.07, 6.45) is 6.97. The summed E-state index contributed by atoms with van der Waals surface area (Å²) < 4.78 is 0. The van der Waals surface area contributed by atoms with Gasteiger partial charge >= 0.3 is 0 Å². The smallest absolute Gasteiger partial charge is 0.237 e. The Balaban J connectivity index is 0.00000289. The molecular formula is C14H29ClN2O. The Bertz CT molecular complexity index is 240. The molecule has 1 fully saturated rings. The maximum absolute atomic E-state index is 11.9. The van der Waals surface area contributed by atoms with Crippen LogP contribution in [0.1, 0.15) is 59.3 Å². The number of hydrogen-bond acceptors (Lipinski definition) is 2. The van der Waals surface area contributed by atoms with Gasteiger partial charge in [-0.1, -0.05) is 33.6 Å². The first-order valence-electron chi connectivity index (χ1n) is 7.14. The molecule has 3 nitrogen and oxygen atoms in total. The number of carbonyl (C=O) groups is 1. The molecule has 0 aromatic heterocycles. The van der Waals surface area contributed by atoms with Crippen molar-refractivity contribution >= 4 is 18.3 Å². The fourth-order valence-electron chi connectivity index (χ4n) is 2.52. The summed E-state index contributed by atoms with van der Waals surface area (Å²) in [6, 6.07) is 0.0179. The number of nitrogens with two attached hydrogens (primary N) is 1. The van der Waals surface area contributed by atoms with E-state index in [2.05, 4.69) is 19.2 Å². The van der Waals surface area contributed by atoms with Gasteiger partial charge in [0.15, 0.2) is 0 Å². The number of nitrogens with one attached hydrogen (secondary N) is 1. The van der Waals surface area contributed by atoms with Crippen LogP contribution in [0.2, 0.25) is 0 Å². The van der Waals surface area contributed by atoms with E-state index in [0.717, 1.165) is 25.2 Å². The number of rotatable bonds is 5. The van der Waals surface area contributed by atoms with Gasteiger partial charge in [0.2, 0.25) is 5.91 Å². The quantitative estimate of drug-likeness (QED) is 0.811. The van der Waals surface area contributed by atoms with Crippen LogP contribution in [0.15, 0.2) is 0 Å². The lowest BCUT2D eigenvalue weighted by atomic mass is 9.84. The van der Waals surface area contributed by atoms with E-state index in [1.54, 1.807) is 0 Å². The van der Waals surface area contributed by atoms with Crippen LogP contribution < -0.4 is 11.1 Å². The van der Waals surface area contributed by atoms with Crippen LogP contribution in [0.4, 0.5) is 0 Å². The molecule has 1 amide bonds. The molecule has 1 aliphatic carbocycles. The van der Waals surface area contributed by atoms with Crippen LogP contribution in [-0.2, 0) is 4.79 Å². The topological polar surface area (TPSA) is 55.1 Å². The Morgan fingerprint density at radius 2 is 1.83 bits per heavy atom. The summed E-state index contributed by atoms with van der Waals surface area (Å²) in [5.41, 5.74) is 5.93. The second kappa shape index (κ2) is 8.76. The predicted octanol–water partition coefficient (Wildman–Crippen LogP) is 2.87. The molecule has 18 heavy (non-hydrogen) atoms. The molecule has 3 N–H and O–H groups in total. The number of hydrogen-bond donors (Lipinski definition) is 2. The Kier molecular flexibility index (Phi) is 8.62. The average molecular weight is 277 g/mol. The Morgan fingerprint density at radius 3 is 2.28 bits per heavy atom. The minimum Gasteiger partial charge on any atom is -0.352 e. The van der Waals surface area contributed by atoms with Crippen LogP contribution in [0.5, 0.6) is 0 Å². The van der Waals surface area contributed by atoms with E-state index < -0.39 is 0 Å². The zero-order valence-electron chi connectivity index (χ0n) is 11.9. The minimum absolute atomic E-state index is 0. The molecule has 4 heteroatoms. The average Bonchev–Trinajstić information content (AvgIpc) is 2.37. The van der Waals surface area contributed by atoms with Crippen molar-refractivity contribution in [2.24, 2.45) is 17.6 Å². The summed E-state index contributed by atoms with van der Waals surface area (Å²) >= 11 is 0. The molecule has 1 saturated carbocycles. The van der Waals surface area contributed by atoms with Crippen molar-refractivity contribution in [2.45, 2.75) is 71.4 Å². The van der Waals surface area contributed by atoms with Gasteiger partial charge in [0, 0.05) is 6.04 Å². The number of carbonyl (C=O) groups excluding carboxylic acids is 1. The van der Waals surface area contributed by atoms with E-state index in [4.69, 9.17) is 5.73 Å². The molecule has 0 aromatic rings. The highest BCUT2D eigenvalue weighted by Crippen LogP contribution is 2.26. The Labute approximate surface area is 118 Å². The third kappa shape index (κ3) is 5.15. The highest BCUT2D eigenvalue weighted by Gasteiger charge is 2.25. The van der Waals surface area contributed by atoms with E-state index in [-0.39, 0.29) is 30.3 Å². The standard InChI is InChI=1S/C14H28N2O.ClH/c1-4-10(3)13(15)14(17)16-12-8-6-11(5-2)7-9-12;/h10-13H,4-9,15H2,1-3H3,(H,16,17);1H. The maximum atomic E-state index is 11.9. The third-order valence-electron chi connectivity index (χ3n) is 4.33. The van der Waals surface area contributed by atoms with Gasteiger partial charge in [-0.15, -0.1) is 12.4 Å². The van der Waals surface area contributed by atoms with Crippen LogP contribution >= 0.6 is 12.4 Å². The van der Waals surface area contributed by atoms with Gasteiger partial charge in [-0.25, -0.2) is 0 Å². The molecule has 0 radical (unpaired) electrons. The van der Waals surface area contributed by atoms with Crippen LogP contribution in [0.3, 0.4) is 0 Å². The third-order valence-corrected chi connectivity index (χ3v) is 4.33. The summed E-state index contributed by atoms with van der Waals surface area (Å²) in [4.78, 5) is 11.9. The maximum Gasteiger partial charge on any atom is 0.237 e. The minimum atomic E-state index is -0.344. The van der Waals surface area contributed by atoms with Gasteiger partial charge in [0.05, 0.1) is 6.04 Å². The van der Waals surface area contributed by atoms with Crippen LogP contribution in [0, 0.1) is 11.8 Å². The monoisotopic (exact) mass is 276 g/mol. The first-order valence-corrected chi connectivity index (χ1v) is 7.14. The van der Waals surface area contributed by atoms with E-state index in [0.29, 0.717) is 6.04 Å². The van der Waals surface area contributed by atoms with Crippen molar-refractivity contribution in [1.29, 1.82) is 0 Å². The van der Waals surface area contributed by atoms with Crippen molar-refractivity contribution in [3.05, 3.63) is 0 Å². The van der Waals surface area contributed by atoms with Crippen molar-refractivity contribution < 1.29 is 4.79 Å². The molecule has 0 spiro atoms. The zero-order chi connectivity index (χ0) is 12.8. The first-order chi connectivity index (χ1) is 8.08. The van der Waals surface area contributed by atoms with Crippen molar-refractivity contribution in [3.63, 3.8) is 0 Å². The number of amides is 1. The SMILES string of the molecule is CCC1CCC(NC(=O)C(N)C(C)CC)CC1.Cl. The molecular weight excluding hydrogens is 248 g/mol. The van der Waals surface area contributed by atoms with Gasteiger partial charge in [-0.3, -0.25) is 4.79 Å². The fraction of sp³-hybridized carbons (Fsp3) is 0.929. The lowest BCUT2D eigenvalue weighted by Gasteiger charge is -2.30. The highest BCUT2D eigenvalue weighted by molar-refractivity contribution is 5.85. The summed E-state index contributed by atoms with van der Waals surface area (Å²) in [5, 5.41) is 3.11. The molecule has 108 valence electrons. The molecule has 1 rings (SSSR count). The van der Waals surface area contributed by atoms with E-state index in [1.807, 2.05) is 6.92 Å². The van der Waals surface area contributed by atoms with Gasteiger partial charge in [-0.05, 0) is 37.5 Å². The van der Waals surface area contributed by atoms with Gasteiger partial charge in [0.25, 0.3) is 0 Å². The zero-order valence-corrected chi connectivity index (χ0v) is 12.8. The largest absolute Gasteiger partial charge is 0.352 e. The molecule has 0 aromatic carbocycles. The van der Waals surface area contributed by atoms with Gasteiger partial charge in [0.1, 0.15) is 0 Å². The predicted molar refractivity (Wildman–Crippen MR) is 78.9 cm³/mol. The Hall–Kier alpha value is -0.280. The van der Waals surface area contributed by atoms with Crippen LogP contribution in [-0.4, -0.2) is 18.0 Å². The molecule has 0 aliphatic heterocycles. The van der Waals surface area contributed by atoms with E-state index >= 15 is 0 Å². The molecule has 1 aliphatic rings.